The first-order chi connectivity index (χ1) is 24.3. The molecule has 7 aromatic carbocycles. The van der Waals surface area contributed by atoms with Gasteiger partial charge in [-0.25, -0.2) is 0 Å². The third-order valence-corrected chi connectivity index (χ3v) is 11.3. The summed E-state index contributed by atoms with van der Waals surface area (Å²) >= 11 is 1.88. The van der Waals surface area contributed by atoms with E-state index in [0.717, 1.165) is 5.69 Å². The summed E-state index contributed by atoms with van der Waals surface area (Å²) in [5.41, 5.74) is 12.1. The summed E-state index contributed by atoms with van der Waals surface area (Å²) < 4.78 is 4.79. The molecule has 0 saturated carbocycles. The van der Waals surface area contributed by atoms with Crippen molar-refractivity contribution in [3.63, 3.8) is 0 Å². The summed E-state index contributed by atoms with van der Waals surface area (Å²) in [6.07, 6.45) is 3.72. The van der Waals surface area contributed by atoms with Crippen LogP contribution >= 0.6 is 11.8 Å². The van der Waals surface area contributed by atoms with Crippen LogP contribution in [0.4, 0.5) is 0 Å². The predicted octanol–water partition coefficient (Wildman–Crippen LogP) is 12.2. The van der Waals surface area contributed by atoms with Gasteiger partial charge in [-0.15, -0.1) is 0 Å². The molecule has 10 aromatic rings. The summed E-state index contributed by atoms with van der Waals surface area (Å²) in [7, 11) is 0. The van der Waals surface area contributed by atoms with Gasteiger partial charge in [0.25, 0.3) is 0 Å². The third-order valence-electron chi connectivity index (χ3n) is 10.2. The molecule has 1 aliphatic heterocycles. The number of fused-ring (bicyclic) bond motifs is 9. The van der Waals surface area contributed by atoms with E-state index in [1.807, 2.05) is 24.2 Å². The second-order valence-corrected chi connectivity index (χ2v) is 13.9. The van der Waals surface area contributed by atoms with Crippen LogP contribution in [0.2, 0.25) is 0 Å². The molecule has 49 heavy (non-hydrogen) atoms. The Morgan fingerprint density at radius 3 is 1.88 bits per heavy atom. The van der Waals surface area contributed by atoms with Gasteiger partial charge in [0.05, 0.1) is 22.1 Å². The smallest absolute Gasteiger partial charge is 0.0553 e. The molecule has 4 heterocycles. The predicted molar refractivity (Wildman–Crippen MR) is 205 cm³/mol. The van der Waals surface area contributed by atoms with E-state index in [4.69, 9.17) is 0 Å². The van der Waals surface area contributed by atoms with E-state index in [0.29, 0.717) is 0 Å². The Hall–Kier alpha value is -6.10. The molecule has 0 radical (unpaired) electrons. The van der Waals surface area contributed by atoms with Crippen molar-refractivity contribution in [3.8, 4) is 33.6 Å². The van der Waals surface area contributed by atoms with Gasteiger partial charge in [-0.1, -0.05) is 90.6 Å². The third kappa shape index (κ3) is 3.83. The molecule has 0 N–H and O–H groups in total. The number of pyridine rings is 1. The SMILES string of the molecule is c1ccc(-n2c3ccc(-c4ccc5c(c4)c4ccccc4n5-c4ccncc4)cc3c3c4cccc5c4c(cc32)-c2ccccc2S5)cc1. The molecule has 228 valence electrons. The lowest BCUT2D eigenvalue weighted by atomic mass is 9.93. The molecule has 0 bridgehead atoms. The quantitative estimate of drug-likeness (QED) is 0.192. The largest absolute Gasteiger partial charge is 0.309 e. The number of hydrogen-bond donors (Lipinski definition) is 0. The Morgan fingerprint density at radius 2 is 1.02 bits per heavy atom. The van der Waals surface area contributed by atoms with Crippen LogP contribution in [0.5, 0.6) is 0 Å². The summed E-state index contributed by atoms with van der Waals surface area (Å²) in [4.78, 5) is 6.90. The first-order valence-electron chi connectivity index (χ1n) is 16.6. The number of nitrogens with zero attached hydrogens (tertiary/aromatic N) is 3. The maximum atomic E-state index is 4.27. The van der Waals surface area contributed by atoms with Gasteiger partial charge in [0.2, 0.25) is 0 Å². The van der Waals surface area contributed by atoms with Gasteiger partial charge in [0.15, 0.2) is 0 Å². The molecular formula is C45H27N3S. The molecular weight excluding hydrogens is 615 g/mol. The number of hydrogen-bond acceptors (Lipinski definition) is 2. The fourth-order valence-electron chi connectivity index (χ4n) is 8.11. The number of aromatic nitrogens is 3. The van der Waals surface area contributed by atoms with Crippen LogP contribution < -0.4 is 0 Å². The molecule has 0 saturated heterocycles. The normalized spacial score (nSPS) is 12.4. The van der Waals surface area contributed by atoms with Crippen LogP contribution in [0.15, 0.2) is 174 Å². The molecule has 0 aliphatic carbocycles. The maximum Gasteiger partial charge on any atom is 0.0553 e. The van der Waals surface area contributed by atoms with E-state index >= 15 is 0 Å². The Labute approximate surface area is 286 Å². The average Bonchev–Trinajstić information content (AvgIpc) is 3.68. The van der Waals surface area contributed by atoms with E-state index in [-0.39, 0.29) is 0 Å². The number of benzene rings is 7. The average molecular weight is 642 g/mol. The van der Waals surface area contributed by atoms with Gasteiger partial charge in [-0.3, -0.25) is 4.98 Å². The van der Waals surface area contributed by atoms with Crippen LogP contribution in [0.1, 0.15) is 0 Å². The van der Waals surface area contributed by atoms with Gasteiger partial charge in [0, 0.05) is 60.5 Å². The standard InChI is InChI=1S/C45H27N3S/c1-2-9-30(10-3-1)48-40-20-18-29(28-17-19-39-35(25-28)32-11-4-6-14-38(32)47(39)31-21-23-46-24-22-31)26-37(40)44-34-13-8-16-43-45(34)36(27-41(44)48)33-12-5-7-15-42(33)49-43/h1-27H. The lowest BCUT2D eigenvalue weighted by Gasteiger charge is -2.21. The molecule has 0 atom stereocenters. The van der Waals surface area contributed by atoms with Gasteiger partial charge in [-0.05, 0) is 100 Å². The summed E-state index contributed by atoms with van der Waals surface area (Å²) in [6.45, 7) is 0. The van der Waals surface area contributed by atoms with Crippen LogP contribution in [0.3, 0.4) is 0 Å². The van der Waals surface area contributed by atoms with Gasteiger partial charge in [-0.2, -0.15) is 0 Å². The minimum absolute atomic E-state index is 1.11. The lowest BCUT2D eigenvalue weighted by Crippen LogP contribution is -1.96. The zero-order valence-corrected chi connectivity index (χ0v) is 27.2. The summed E-state index contributed by atoms with van der Waals surface area (Å²) in [6, 6.07) is 55.7. The van der Waals surface area contributed by atoms with Crippen LogP contribution in [0.25, 0.3) is 88.0 Å². The van der Waals surface area contributed by atoms with Crippen molar-refractivity contribution < 1.29 is 0 Å². The van der Waals surface area contributed by atoms with Gasteiger partial charge >= 0.3 is 0 Å². The Morgan fingerprint density at radius 1 is 0.388 bits per heavy atom. The van der Waals surface area contributed by atoms with Crippen LogP contribution in [0, 0.1) is 0 Å². The highest BCUT2D eigenvalue weighted by Gasteiger charge is 2.24. The Kier molecular flexibility index (Phi) is 5.60. The highest BCUT2D eigenvalue weighted by atomic mass is 32.2. The van der Waals surface area contributed by atoms with Crippen molar-refractivity contribution in [2.75, 3.05) is 0 Å². The second-order valence-electron chi connectivity index (χ2n) is 12.8. The Bertz CT molecular complexity index is 2950. The number of para-hydroxylation sites is 2. The molecule has 0 spiro atoms. The van der Waals surface area contributed by atoms with Crippen molar-refractivity contribution >= 4 is 66.1 Å². The van der Waals surface area contributed by atoms with E-state index in [9.17, 15) is 0 Å². The fourth-order valence-corrected chi connectivity index (χ4v) is 9.25. The molecule has 0 amide bonds. The minimum atomic E-state index is 1.11. The zero-order chi connectivity index (χ0) is 32.1. The molecule has 11 rings (SSSR count). The van der Waals surface area contributed by atoms with Gasteiger partial charge in [0.1, 0.15) is 0 Å². The summed E-state index contributed by atoms with van der Waals surface area (Å²) in [5, 5.41) is 7.71. The first kappa shape index (κ1) is 26.9. The van der Waals surface area contributed by atoms with Crippen molar-refractivity contribution in [1.29, 1.82) is 0 Å². The van der Waals surface area contributed by atoms with E-state index in [2.05, 4.69) is 166 Å². The zero-order valence-electron chi connectivity index (χ0n) is 26.3. The Balaban J connectivity index is 1.21. The van der Waals surface area contributed by atoms with Crippen LogP contribution in [-0.2, 0) is 0 Å². The maximum absolute atomic E-state index is 4.27. The van der Waals surface area contributed by atoms with E-state index in [1.54, 1.807) is 0 Å². The first-order valence-corrected chi connectivity index (χ1v) is 17.4. The second kappa shape index (κ2) is 10.2. The number of rotatable bonds is 3. The van der Waals surface area contributed by atoms with Crippen molar-refractivity contribution in [3.05, 3.63) is 164 Å². The highest BCUT2D eigenvalue weighted by Crippen LogP contribution is 2.51. The van der Waals surface area contributed by atoms with E-state index in [1.165, 1.54) is 92.1 Å². The van der Waals surface area contributed by atoms with Crippen molar-refractivity contribution in [2.24, 2.45) is 0 Å². The summed E-state index contributed by atoms with van der Waals surface area (Å²) in [5.74, 6) is 0. The highest BCUT2D eigenvalue weighted by molar-refractivity contribution is 7.99. The molecule has 0 fully saturated rings. The van der Waals surface area contributed by atoms with Gasteiger partial charge < -0.3 is 9.13 Å². The molecule has 4 heteroatoms. The minimum Gasteiger partial charge on any atom is -0.309 e. The topological polar surface area (TPSA) is 22.8 Å². The molecule has 1 aliphatic rings. The monoisotopic (exact) mass is 641 g/mol. The van der Waals surface area contributed by atoms with Crippen LogP contribution in [-0.4, -0.2) is 14.1 Å². The molecule has 0 unspecified atom stereocenters. The van der Waals surface area contributed by atoms with E-state index < -0.39 is 0 Å². The van der Waals surface area contributed by atoms with Crippen molar-refractivity contribution in [2.45, 2.75) is 9.79 Å². The molecule has 3 aromatic heterocycles. The van der Waals surface area contributed by atoms with Crippen molar-refractivity contribution in [1.82, 2.24) is 14.1 Å². The fraction of sp³-hybridized carbons (Fsp3) is 0. The molecule has 3 nitrogen and oxygen atoms in total. The lowest BCUT2D eigenvalue weighted by molar-refractivity contribution is 1.16.